The van der Waals surface area contributed by atoms with Gasteiger partial charge in [-0.05, 0) is 49.4 Å². The summed E-state index contributed by atoms with van der Waals surface area (Å²) < 4.78 is 12.8. The molecular weight excluding hydrogens is 211 g/mol. The Morgan fingerprint density at radius 3 is 2.87 bits per heavy atom. The van der Waals surface area contributed by atoms with Crippen LogP contribution in [0.5, 0.6) is 0 Å². The van der Waals surface area contributed by atoms with Crippen molar-refractivity contribution in [2.45, 2.75) is 11.3 Å². The third-order valence-corrected chi connectivity index (χ3v) is 3.74. The summed E-state index contributed by atoms with van der Waals surface area (Å²) in [6.07, 6.45) is 1.20. The van der Waals surface area contributed by atoms with Crippen molar-refractivity contribution in [1.29, 1.82) is 0 Å². The second kappa shape index (κ2) is 4.86. The molecular formula is C11H15FN2S. The predicted molar refractivity (Wildman–Crippen MR) is 62.5 cm³/mol. The molecule has 1 aromatic carbocycles. The summed E-state index contributed by atoms with van der Waals surface area (Å²) in [5.74, 6) is 1.61. The molecule has 0 atom stereocenters. The van der Waals surface area contributed by atoms with Crippen LogP contribution >= 0.6 is 11.8 Å². The maximum absolute atomic E-state index is 12.8. The second-order valence-corrected chi connectivity index (χ2v) is 4.98. The van der Waals surface area contributed by atoms with Gasteiger partial charge in [-0.1, -0.05) is 0 Å². The highest BCUT2D eigenvalue weighted by Gasteiger charge is 2.15. The molecule has 3 N–H and O–H groups in total. The van der Waals surface area contributed by atoms with Crippen molar-refractivity contribution < 1.29 is 4.39 Å². The number of rotatable bonds is 4. The van der Waals surface area contributed by atoms with E-state index in [1.54, 1.807) is 17.8 Å². The van der Waals surface area contributed by atoms with Gasteiger partial charge in [-0.2, -0.15) is 0 Å². The van der Waals surface area contributed by atoms with Crippen LogP contribution in [-0.2, 0) is 0 Å². The number of thioether (sulfide) groups is 1. The number of hydrogen-bond donors (Lipinski definition) is 2. The van der Waals surface area contributed by atoms with E-state index in [4.69, 9.17) is 5.73 Å². The monoisotopic (exact) mass is 226 g/mol. The number of benzene rings is 1. The van der Waals surface area contributed by atoms with Gasteiger partial charge in [0.25, 0.3) is 0 Å². The van der Waals surface area contributed by atoms with Crippen molar-refractivity contribution >= 4 is 17.4 Å². The van der Waals surface area contributed by atoms with E-state index < -0.39 is 0 Å². The molecule has 0 unspecified atom stereocenters. The van der Waals surface area contributed by atoms with Gasteiger partial charge in [0.05, 0.1) is 0 Å². The highest BCUT2D eigenvalue weighted by Crippen LogP contribution is 2.27. The molecule has 15 heavy (non-hydrogen) atoms. The molecule has 82 valence electrons. The van der Waals surface area contributed by atoms with Gasteiger partial charge in [-0.3, -0.25) is 0 Å². The van der Waals surface area contributed by atoms with Gasteiger partial charge in [0.15, 0.2) is 0 Å². The van der Waals surface area contributed by atoms with Gasteiger partial charge in [-0.25, -0.2) is 4.39 Å². The van der Waals surface area contributed by atoms with Crippen molar-refractivity contribution in [2.75, 3.05) is 24.6 Å². The Balaban J connectivity index is 1.81. The lowest BCUT2D eigenvalue weighted by Gasteiger charge is -2.26. The maximum atomic E-state index is 12.8. The van der Waals surface area contributed by atoms with Crippen molar-refractivity contribution in [2.24, 2.45) is 5.92 Å². The summed E-state index contributed by atoms with van der Waals surface area (Å²) in [7, 11) is 0. The fourth-order valence-corrected chi connectivity index (χ4v) is 2.60. The summed E-state index contributed by atoms with van der Waals surface area (Å²) >= 11 is 1.71. The van der Waals surface area contributed by atoms with Crippen molar-refractivity contribution in [3.63, 3.8) is 0 Å². The highest BCUT2D eigenvalue weighted by molar-refractivity contribution is 7.99. The van der Waals surface area contributed by atoms with E-state index in [1.165, 1.54) is 18.6 Å². The molecule has 0 amide bonds. The molecule has 0 aromatic heterocycles. The molecule has 1 aliphatic heterocycles. The summed E-state index contributed by atoms with van der Waals surface area (Å²) in [6, 6.07) is 4.60. The SMILES string of the molecule is Nc1cc(F)ccc1SCCC1CNC1. The molecule has 0 radical (unpaired) electrons. The van der Waals surface area contributed by atoms with Crippen LogP contribution in [0, 0.1) is 11.7 Å². The summed E-state index contributed by atoms with van der Waals surface area (Å²) in [5, 5.41) is 3.25. The smallest absolute Gasteiger partial charge is 0.125 e. The fraction of sp³-hybridized carbons (Fsp3) is 0.455. The number of anilines is 1. The molecule has 1 saturated heterocycles. The fourth-order valence-electron chi connectivity index (χ4n) is 1.54. The zero-order chi connectivity index (χ0) is 10.7. The zero-order valence-corrected chi connectivity index (χ0v) is 9.32. The molecule has 1 aliphatic rings. The van der Waals surface area contributed by atoms with E-state index >= 15 is 0 Å². The Labute approximate surface area is 93.4 Å². The van der Waals surface area contributed by atoms with Crippen molar-refractivity contribution in [3.05, 3.63) is 24.0 Å². The van der Waals surface area contributed by atoms with Crippen LogP contribution in [0.4, 0.5) is 10.1 Å². The molecule has 1 fully saturated rings. The lowest BCUT2D eigenvalue weighted by Crippen LogP contribution is -2.42. The molecule has 0 bridgehead atoms. The lowest BCUT2D eigenvalue weighted by molar-refractivity contribution is 0.341. The molecule has 0 aliphatic carbocycles. The topological polar surface area (TPSA) is 38.0 Å². The van der Waals surface area contributed by atoms with Gasteiger partial charge in [0.2, 0.25) is 0 Å². The van der Waals surface area contributed by atoms with Crippen LogP contribution < -0.4 is 11.1 Å². The van der Waals surface area contributed by atoms with Crippen molar-refractivity contribution in [1.82, 2.24) is 5.32 Å². The normalized spacial score (nSPS) is 16.3. The average molecular weight is 226 g/mol. The van der Waals surface area contributed by atoms with Gasteiger partial charge >= 0.3 is 0 Å². The molecule has 0 saturated carbocycles. The minimum atomic E-state index is -0.264. The summed E-state index contributed by atoms with van der Waals surface area (Å²) in [4.78, 5) is 0.990. The Kier molecular flexibility index (Phi) is 3.49. The van der Waals surface area contributed by atoms with Gasteiger partial charge in [0, 0.05) is 10.6 Å². The summed E-state index contributed by atoms with van der Waals surface area (Å²) in [6.45, 7) is 2.28. The Bertz CT molecular complexity index is 339. The van der Waals surface area contributed by atoms with Crippen LogP contribution in [0.3, 0.4) is 0 Å². The van der Waals surface area contributed by atoms with Crippen molar-refractivity contribution in [3.8, 4) is 0 Å². The quantitative estimate of drug-likeness (QED) is 0.610. The minimum Gasteiger partial charge on any atom is -0.398 e. The highest BCUT2D eigenvalue weighted by atomic mass is 32.2. The average Bonchev–Trinajstić information content (AvgIpc) is 2.12. The predicted octanol–water partition coefficient (Wildman–Crippen LogP) is 2.11. The number of nitrogen functional groups attached to an aromatic ring is 1. The second-order valence-electron chi connectivity index (χ2n) is 3.84. The standard InChI is InChI=1S/C11H15FN2S/c12-9-1-2-11(10(13)5-9)15-4-3-8-6-14-7-8/h1-2,5,8,14H,3-4,6-7,13H2. The summed E-state index contributed by atoms with van der Waals surface area (Å²) in [5.41, 5.74) is 6.26. The van der Waals surface area contributed by atoms with Gasteiger partial charge in [0.1, 0.15) is 5.82 Å². The first kappa shape index (κ1) is 10.8. The molecule has 1 heterocycles. The van der Waals surface area contributed by atoms with Gasteiger partial charge in [-0.15, -0.1) is 11.8 Å². The lowest BCUT2D eigenvalue weighted by atomic mass is 10.0. The first-order chi connectivity index (χ1) is 7.25. The molecule has 2 rings (SSSR count). The Morgan fingerprint density at radius 2 is 2.27 bits per heavy atom. The third-order valence-electron chi connectivity index (χ3n) is 2.62. The van der Waals surface area contributed by atoms with E-state index in [2.05, 4.69) is 5.32 Å². The molecule has 1 aromatic rings. The van der Waals surface area contributed by atoms with E-state index in [0.29, 0.717) is 5.69 Å². The first-order valence-corrected chi connectivity index (χ1v) is 6.13. The zero-order valence-electron chi connectivity index (χ0n) is 8.50. The number of halogens is 1. The number of nitrogens with two attached hydrogens (primary N) is 1. The van der Waals surface area contributed by atoms with Crippen LogP contribution in [0.25, 0.3) is 0 Å². The molecule has 4 heteroatoms. The molecule has 0 spiro atoms. The maximum Gasteiger partial charge on any atom is 0.125 e. The van der Waals surface area contributed by atoms with Gasteiger partial charge < -0.3 is 11.1 Å². The third kappa shape index (κ3) is 2.86. The van der Waals surface area contributed by atoms with E-state index in [-0.39, 0.29) is 5.82 Å². The van der Waals surface area contributed by atoms with Crippen LogP contribution in [-0.4, -0.2) is 18.8 Å². The van der Waals surface area contributed by atoms with E-state index in [9.17, 15) is 4.39 Å². The largest absolute Gasteiger partial charge is 0.398 e. The van der Waals surface area contributed by atoms with Crippen LogP contribution in [0.15, 0.2) is 23.1 Å². The first-order valence-electron chi connectivity index (χ1n) is 5.14. The minimum absolute atomic E-state index is 0.264. The number of nitrogens with one attached hydrogen (secondary N) is 1. The Hall–Kier alpha value is -0.740. The van der Waals surface area contributed by atoms with Crippen LogP contribution in [0.2, 0.25) is 0 Å². The Morgan fingerprint density at radius 1 is 1.47 bits per heavy atom. The molecule has 2 nitrogen and oxygen atoms in total. The van der Waals surface area contributed by atoms with E-state index in [0.717, 1.165) is 29.7 Å². The number of hydrogen-bond acceptors (Lipinski definition) is 3. The van der Waals surface area contributed by atoms with E-state index in [1.807, 2.05) is 0 Å². The van der Waals surface area contributed by atoms with Crippen LogP contribution in [0.1, 0.15) is 6.42 Å².